The van der Waals surface area contributed by atoms with Crippen molar-refractivity contribution in [2.45, 2.75) is 0 Å². The molecule has 0 fully saturated rings. The number of imidazole rings is 1. The number of fused-ring (bicyclic) bond motifs is 1. The van der Waals surface area contributed by atoms with E-state index < -0.39 is 0 Å². The number of benzene rings is 1. The second-order valence-electron chi connectivity index (χ2n) is 3.66. The smallest absolute Gasteiger partial charge is 0.234 e. The van der Waals surface area contributed by atoms with Crippen LogP contribution in [0.25, 0.3) is 17.0 Å². The van der Waals surface area contributed by atoms with E-state index >= 15 is 0 Å². The van der Waals surface area contributed by atoms with Crippen molar-refractivity contribution in [1.29, 1.82) is 0 Å². The molecule has 0 bridgehead atoms. The Morgan fingerprint density at radius 3 is 2.53 bits per heavy atom. The minimum absolute atomic E-state index is 0.707. The molecule has 0 unspecified atom stereocenters. The molecule has 4 heteroatoms. The first-order chi connectivity index (χ1) is 8.38. The van der Waals surface area contributed by atoms with Gasteiger partial charge < -0.3 is 4.74 Å². The Balaban J connectivity index is 2.16. The third-order valence-electron chi connectivity index (χ3n) is 2.69. The van der Waals surface area contributed by atoms with Crippen LogP contribution in [-0.4, -0.2) is 21.5 Å². The van der Waals surface area contributed by atoms with Crippen LogP contribution >= 0.6 is 0 Å². The highest BCUT2D eigenvalue weighted by Gasteiger charge is 2.04. The number of hydrogen-bond donors (Lipinski definition) is 0. The van der Waals surface area contributed by atoms with E-state index in [2.05, 4.69) is 9.97 Å². The van der Waals surface area contributed by atoms with Crippen LogP contribution in [0, 0.1) is 0 Å². The number of hydrogen-bond acceptors (Lipinski definition) is 3. The van der Waals surface area contributed by atoms with E-state index in [-0.39, 0.29) is 0 Å². The molecule has 0 aliphatic carbocycles. The van der Waals surface area contributed by atoms with E-state index in [1.807, 2.05) is 40.9 Å². The van der Waals surface area contributed by atoms with Gasteiger partial charge >= 0.3 is 0 Å². The van der Waals surface area contributed by atoms with Crippen LogP contribution < -0.4 is 4.74 Å². The normalized spacial score (nSPS) is 10.6. The summed E-state index contributed by atoms with van der Waals surface area (Å²) in [5.74, 6) is 1.56. The van der Waals surface area contributed by atoms with Crippen molar-refractivity contribution in [3.63, 3.8) is 0 Å². The van der Waals surface area contributed by atoms with E-state index in [1.165, 1.54) is 0 Å². The van der Waals surface area contributed by atoms with Gasteiger partial charge in [0.2, 0.25) is 5.78 Å². The zero-order valence-electron chi connectivity index (χ0n) is 9.37. The van der Waals surface area contributed by atoms with Gasteiger partial charge in [-0.2, -0.15) is 0 Å². The van der Waals surface area contributed by atoms with Crippen molar-refractivity contribution in [3.05, 3.63) is 48.9 Å². The van der Waals surface area contributed by atoms with Gasteiger partial charge in [0, 0.05) is 18.6 Å². The number of methoxy groups -OCH3 is 1. The lowest BCUT2D eigenvalue weighted by Crippen LogP contribution is -1.93. The standard InChI is InChI=1S/C13H11N3O/c1-17-11-4-2-10(3-5-11)12-6-7-14-13-15-8-9-16(12)13/h2-9H,1H3. The molecule has 0 atom stereocenters. The largest absolute Gasteiger partial charge is 0.497 e. The lowest BCUT2D eigenvalue weighted by Gasteiger charge is -2.05. The second kappa shape index (κ2) is 3.90. The summed E-state index contributed by atoms with van der Waals surface area (Å²) in [7, 11) is 1.66. The summed E-state index contributed by atoms with van der Waals surface area (Å²) in [5.41, 5.74) is 2.17. The van der Waals surface area contributed by atoms with Gasteiger partial charge in [0.25, 0.3) is 0 Å². The molecule has 17 heavy (non-hydrogen) atoms. The Bertz CT molecular complexity index is 643. The van der Waals surface area contributed by atoms with Crippen LogP contribution in [0.2, 0.25) is 0 Å². The SMILES string of the molecule is COc1ccc(-c2ccnc3nccn23)cc1. The maximum Gasteiger partial charge on any atom is 0.234 e. The van der Waals surface area contributed by atoms with Crippen LogP contribution in [-0.2, 0) is 0 Å². The summed E-state index contributed by atoms with van der Waals surface area (Å²) in [6.07, 6.45) is 5.42. The zero-order valence-corrected chi connectivity index (χ0v) is 9.37. The lowest BCUT2D eigenvalue weighted by atomic mass is 10.1. The van der Waals surface area contributed by atoms with Crippen LogP contribution in [0.1, 0.15) is 0 Å². The first kappa shape index (κ1) is 9.84. The van der Waals surface area contributed by atoms with Crippen molar-refractivity contribution in [1.82, 2.24) is 14.4 Å². The number of ether oxygens (including phenoxy) is 1. The topological polar surface area (TPSA) is 39.4 Å². The fraction of sp³-hybridized carbons (Fsp3) is 0.0769. The monoisotopic (exact) mass is 225 g/mol. The highest BCUT2D eigenvalue weighted by Crippen LogP contribution is 2.22. The Morgan fingerprint density at radius 2 is 1.76 bits per heavy atom. The highest BCUT2D eigenvalue weighted by atomic mass is 16.5. The molecule has 0 spiro atoms. The molecule has 2 heterocycles. The fourth-order valence-corrected chi connectivity index (χ4v) is 1.83. The van der Waals surface area contributed by atoms with Gasteiger partial charge in [-0.25, -0.2) is 9.97 Å². The van der Waals surface area contributed by atoms with Crippen molar-refractivity contribution in [2.24, 2.45) is 0 Å². The van der Waals surface area contributed by atoms with Gasteiger partial charge in [-0.05, 0) is 35.9 Å². The summed E-state index contributed by atoms with van der Waals surface area (Å²) < 4.78 is 7.11. The first-order valence-electron chi connectivity index (χ1n) is 5.31. The molecule has 3 aromatic rings. The third-order valence-corrected chi connectivity index (χ3v) is 2.69. The number of nitrogens with zero attached hydrogens (tertiary/aromatic N) is 3. The quantitative estimate of drug-likeness (QED) is 0.672. The van der Waals surface area contributed by atoms with Crippen LogP contribution in [0.5, 0.6) is 5.75 Å². The number of aromatic nitrogens is 3. The summed E-state index contributed by atoms with van der Waals surface area (Å²) >= 11 is 0. The molecule has 0 N–H and O–H groups in total. The van der Waals surface area contributed by atoms with E-state index in [0.29, 0.717) is 5.78 Å². The molecule has 0 amide bonds. The highest BCUT2D eigenvalue weighted by molar-refractivity contribution is 5.62. The van der Waals surface area contributed by atoms with E-state index in [9.17, 15) is 0 Å². The van der Waals surface area contributed by atoms with Gasteiger partial charge in [0.15, 0.2) is 0 Å². The minimum Gasteiger partial charge on any atom is -0.497 e. The van der Waals surface area contributed by atoms with Crippen molar-refractivity contribution in [3.8, 4) is 17.0 Å². The summed E-state index contributed by atoms with van der Waals surface area (Å²) in [5, 5.41) is 0. The molecule has 2 aromatic heterocycles. The molecule has 84 valence electrons. The number of rotatable bonds is 2. The summed E-state index contributed by atoms with van der Waals surface area (Å²) in [6.45, 7) is 0. The molecular weight excluding hydrogens is 214 g/mol. The van der Waals surface area contributed by atoms with Gasteiger partial charge in [-0.15, -0.1) is 0 Å². The lowest BCUT2D eigenvalue weighted by molar-refractivity contribution is 0.415. The van der Waals surface area contributed by atoms with Gasteiger partial charge in [-0.1, -0.05) is 0 Å². The van der Waals surface area contributed by atoms with Crippen molar-refractivity contribution >= 4 is 5.78 Å². The summed E-state index contributed by atoms with van der Waals surface area (Å²) in [6, 6.07) is 9.90. The van der Waals surface area contributed by atoms with Gasteiger partial charge in [0.1, 0.15) is 5.75 Å². The van der Waals surface area contributed by atoms with Crippen molar-refractivity contribution in [2.75, 3.05) is 7.11 Å². The maximum absolute atomic E-state index is 5.15. The van der Waals surface area contributed by atoms with E-state index in [0.717, 1.165) is 17.0 Å². The maximum atomic E-state index is 5.15. The Hall–Kier alpha value is -2.36. The van der Waals surface area contributed by atoms with Crippen LogP contribution in [0.4, 0.5) is 0 Å². The average Bonchev–Trinajstić information content (AvgIpc) is 2.87. The molecule has 0 aliphatic heterocycles. The molecular formula is C13H11N3O. The second-order valence-corrected chi connectivity index (χ2v) is 3.66. The fourth-order valence-electron chi connectivity index (χ4n) is 1.83. The molecule has 1 aromatic carbocycles. The predicted molar refractivity (Wildman–Crippen MR) is 65.0 cm³/mol. The summed E-state index contributed by atoms with van der Waals surface area (Å²) in [4.78, 5) is 8.35. The van der Waals surface area contributed by atoms with E-state index in [4.69, 9.17) is 4.74 Å². The van der Waals surface area contributed by atoms with Crippen LogP contribution in [0.3, 0.4) is 0 Å². The molecule has 0 saturated carbocycles. The van der Waals surface area contributed by atoms with Gasteiger partial charge in [-0.3, -0.25) is 4.40 Å². The Labute approximate surface area is 98.5 Å². The van der Waals surface area contributed by atoms with Gasteiger partial charge in [0.05, 0.1) is 12.8 Å². The molecule has 0 radical (unpaired) electrons. The van der Waals surface area contributed by atoms with Crippen LogP contribution in [0.15, 0.2) is 48.9 Å². The third kappa shape index (κ3) is 1.63. The molecule has 0 saturated heterocycles. The Kier molecular flexibility index (Phi) is 2.26. The van der Waals surface area contributed by atoms with Crippen molar-refractivity contribution < 1.29 is 4.74 Å². The first-order valence-corrected chi connectivity index (χ1v) is 5.31. The average molecular weight is 225 g/mol. The molecule has 0 aliphatic rings. The Morgan fingerprint density at radius 1 is 1.00 bits per heavy atom. The van der Waals surface area contributed by atoms with E-state index in [1.54, 1.807) is 19.5 Å². The predicted octanol–water partition coefficient (Wildman–Crippen LogP) is 2.40. The minimum atomic E-state index is 0.707. The molecule has 3 rings (SSSR count). The zero-order chi connectivity index (χ0) is 11.7. The molecule has 4 nitrogen and oxygen atoms in total.